The van der Waals surface area contributed by atoms with Crippen molar-refractivity contribution >= 4 is 34.8 Å². The van der Waals surface area contributed by atoms with Gasteiger partial charge >= 0.3 is 0 Å². The van der Waals surface area contributed by atoms with Gasteiger partial charge in [-0.25, -0.2) is 0 Å². The van der Waals surface area contributed by atoms with Crippen LogP contribution >= 0.6 is 11.6 Å². The third-order valence-electron chi connectivity index (χ3n) is 4.87. The van der Waals surface area contributed by atoms with Gasteiger partial charge in [-0.2, -0.15) is 0 Å². The molecule has 0 aromatic heterocycles. The molecule has 3 aromatic carbocycles. The molecule has 2 N–H and O–H groups in total. The highest BCUT2D eigenvalue weighted by molar-refractivity contribution is 6.30. The molecule has 7 heteroatoms. The second-order valence-corrected chi connectivity index (χ2v) is 8.26. The van der Waals surface area contributed by atoms with Crippen molar-refractivity contribution in [3.8, 4) is 11.5 Å². The van der Waals surface area contributed by atoms with Crippen molar-refractivity contribution in [2.45, 2.75) is 26.7 Å². The number of benzene rings is 3. The van der Waals surface area contributed by atoms with Gasteiger partial charge in [-0.1, -0.05) is 55.8 Å². The monoisotopic (exact) mass is 466 g/mol. The van der Waals surface area contributed by atoms with Crippen LogP contribution in [0.3, 0.4) is 0 Å². The van der Waals surface area contributed by atoms with Crippen molar-refractivity contribution in [2.75, 3.05) is 23.8 Å². The Morgan fingerprint density at radius 3 is 1.94 bits per heavy atom. The van der Waals surface area contributed by atoms with E-state index in [1.807, 2.05) is 31.2 Å². The van der Waals surface area contributed by atoms with Crippen LogP contribution in [0.15, 0.2) is 66.7 Å². The lowest BCUT2D eigenvalue weighted by Gasteiger charge is -2.15. The summed E-state index contributed by atoms with van der Waals surface area (Å²) in [5, 5.41) is 6.16. The minimum Gasteiger partial charge on any atom is -0.483 e. The van der Waals surface area contributed by atoms with Gasteiger partial charge in [0.05, 0.1) is 11.4 Å². The van der Waals surface area contributed by atoms with Crippen LogP contribution < -0.4 is 20.1 Å². The summed E-state index contributed by atoms with van der Waals surface area (Å²) in [5.74, 6) is 0.851. The summed E-state index contributed by atoms with van der Waals surface area (Å²) in [4.78, 5) is 24.9. The molecule has 0 unspecified atom stereocenters. The molecule has 0 aliphatic rings. The summed E-state index contributed by atoms with van der Waals surface area (Å²) in [5.41, 5.74) is 2.81. The van der Waals surface area contributed by atoms with Gasteiger partial charge < -0.3 is 20.1 Å². The van der Waals surface area contributed by atoms with Gasteiger partial charge in [0.15, 0.2) is 13.2 Å². The molecule has 3 rings (SSSR count). The molecule has 0 atom stereocenters. The molecule has 0 aliphatic heterocycles. The standard InChI is InChI=1S/C26H27ClN2O4/c1-17(2)20-8-4-7-11-24(20)33-16-26(31)29-22-10-6-5-9-21(22)28-25(30)15-32-23-13-12-19(27)14-18(23)3/h4-14,17H,15-16H2,1-3H3,(H,28,30)(H,29,31). The van der Waals surface area contributed by atoms with Crippen LogP contribution in [0.2, 0.25) is 5.02 Å². The normalized spacial score (nSPS) is 10.6. The number of amides is 2. The Morgan fingerprint density at radius 1 is 0.818 bits per heavy atom. The van der Waals surface area contributed by atoms with Gasteiger partial charge in [0.2, 0.25) is 0 Å². The largest absolute Gasteiger partial charge is 0.483 e. The van der Waals surface area contributed by atoms with Crippen LogP contribution in [-0.2, 0) is 9.59 Å². The highest BCUT2D eigenvalue weighted by Crippen LogP contribution is 2.26. The fourth-order valence-electron chi connectivity index (χ4n) is 3.22. The van der Waals surface area contributed by atoms with Gasteiger partial charge in [-0.15, -0.1) is 0 Å². The molecular weight excluding hydrogens is 440 g/mol. The Balaban J connectivity index is 1.57. The Bertz CT molecular complexity index is 1130. The van der Waals surface area contributed by atoms with E-state index in [2.05, 4.69) is 24.5 Å². The first-order valence-electron chi connectivity index (χ1n) is 10.6. The maximum Gasteiger partial charge on any atom is 0.262 e. The Morgan fingerprint density at radius 2 is 1.36 bits per heavy atom. The summed E-state index contributed by atoms with van der Waals surface area (Å²) >= 11 is 5.95. The second kappa shape index (κ2) is 11.4. The average molecular weight is 467 g/mol. The Kier molecular flexibility index (Phi) is 8.33. The molecule has 3 aromatic rings. The molecule has 0 saturated carbocycles. The highest BCUT2D eigenvalue weighted by atomic mass is 35.5. The first kappa shape index (κ1) is 24.1. The zero-order valence-electron chi connectivity index (χ0n) is 18.9. The molecule has 0 saturated heterocycles. The zero-order valence-corrected chi connectivity index (χ0v) is 19.6. The lowest BCUT2D eigenvalue weighted by Crippen LogP contribution is -2.24. The molecule has 0 spiro atoms. The number of carbonyl (C=O) groups excluding carboxylic acids is 2. The topological polar surface area (TPSA) is 76.7 Å². The third kappa shape index (κ3) is 6.99. The Labute approximate surface area is 198 Å². The summed E-state index contributed by atoms with van der Waals surface area (Å²) < 4.78 is 11.3. The van der Waals surface area contributed by atoms with Gasteiger partial charge in [0, 0.05) is 5.02 Å². The predicted octanol–water partition coefficient (Wildman–Crippen LogP) is 5.81. The fourth-order valence-corrected chi connectivity index (χ4v) is 3.45. The van der Waals surface area contributed by atoms with Gasteiger partial charge in [0.25, 0.3) is 11.8 Å². The molecule has 0 radical (unpaired) electrons. The average Bonchev–Trinajstić information content (AvgIpc) is 2.78. The van der Waals surface area contributed by atoms with Crippen LogP contribution in [0.5, 0.6) is 11.5 Å². The highest BCUT2D eigenvalue weighted by Gasteiger charge is 2.13. The summed E-state index contributed by atoms with van der Waals surface area (Å²) in [7, 11) is 0. The first-order chi connectivity index (χ1) is 15.8. The number of halogens is 1. The first-order valence-corrected chi connectivity index (χ1v) is 11.0. The van der Waals surface area contributed by atoms with E-state index in [0.29, 0.717) is 27.9 Å². The predicted molar refractivity (Wildman–Crippen MR) is 131 cm³/mol. The van der Waals surface area contributed by atoms with Gasteiger partial charge in [-0.3, -0.25) is 9.59 Å². The Hall–Kier alpha value is -3.51. The lowest BCUT2D eigenvalue weighted by atomic mass is 10.0. The molecule has 33 heavy (non-hydrogen) atoms. The van der Waals surface area contributed by atoms with E-state index < -0.39 is 0 Å². The third-order valence-corrected chi connectivity index (χ3v) is 5.11. The molecule has 6 nitrogen and oxygen atoms in total. The van der Waals surface area contributed by atoms with E-state index in [-0.39, 0.29) is 30.9 Å². The van der Waals surface area contributed by atoms with Crippen LogP contribution in [-0.4, -0.2) is 25.0 Å². The van der Waals surface area contributed by atoms with Crippen molar-refractivity contribution in [3.05, 3.63) is 82.9 Å². The molecule has 0 bridgehead atoms. The molecule has 0 aliphatic carbocycles. The second-order valence-electron chi connectivity index (χ2n) is 7.82. The van der Waals surface area contributed by atoms with Crippen LogP contribution in [0.1, 0.15) is 30.9 Å². The number of anilines is 2. The SMILES string of the molecule is Cc1cc(Cl)ccc1OCC(=O)Nc1ccccc1NC(=O)COc1ccccc1C(C)C. The van der Waals surface area contributed by atoms with Crippen LogP contribution in [0, 0.1) is 6.92 Å². The van der Waals surface area contributed by atoms with Gasteiger partial charge in [-0.05, 0) is 60.4 Å². The maximum absolute atomic E-state index is 12.5. The molecule has 0 fully saturated rings. The molecular formula is C26H27ClN2O4. The number of ether oxygens (including phenoxy) is 2. The summed E-state index contributed by atoms with van der Waals surface area (Å²) in [6.45, 7) is 5.66. The van der Waals surface area contributed by atoms with Crippen LogP contribution in [0.4, 0.5) is 11.4 Å². The lowest BCUT2D eigenvalue weighted by molar-refractivity contribution is -0.119. The van der Waals surface area contributed by atoms with E-state index >= 15 is 0 Å². The molecule has 0 heterocycles. The summed E-state index contributed by atoms with van der Waals surface area (Å²) in [6, 6.07) is 19.8. The van der Waals surface area contributed by atoms with Crippen molar-refractivity contribution < 1.29 is 19.1 Å². The number of nitrogens with one attached hydrogen (secondary N) is 2. The number of para-hydroxylation sites is 3. The smallest absolute Gasteiger partial charge is 0.262 e. The van der Waals surface area contributed by atoms with E-state index in [1.54, 1.807) is 42.5 Å². The maximum atomic E-state index is 12.5. The van der Waals surface area contributed by atoms with E-state index in [4.69, 9.17) is 21.1 Å². The number of rotatable bonds is 9. The number of hydrogen-bond donors (Lipinski definition) is 2. The fraction of sp³-hybridized carbons (Fsp3) is 0.231. The van der Waals surface area contributed by atoms with Crippen LogP contribution in [0.25, 0.3) is 0 Å². The molecule has 2 amide bonds. The number of carbonyl (C=O) groups is 2. The zero-order chi connectivity index (χ0) is 23.8. The summed E-state index contributed by atoms with van der Waals surface area (Å²) in [6.07, 6.45) is 0. The number of hydrogen-bond acceptors (Lipinski definition) is 4. The van der Waals surface area contributed by atoms with Crippen molar-refractivity contribution in [1.82, 2.24) is 0 Å². The van der Waals surface area contributed by atoms with E-state index in [1.165, 1.54) is 0 Å². The van der Waals surface area contributed by atoms with Crippen molar-refractivity contribution in [1.29, 1.82) is 0 Å². The van der Waals surface area contributed by atoms with Gasteiger partial charge in [0.1, 0.15) is 11.5 Å². The minimum atomic E-state index is -0.354. The number of aryl methyl sites for hydroxylation is 1. The van der Waals surface area contributed by atoms with Crippen molar-refractivity contribution in [2.24, 2.45) is 0 Å². The molecule has 172 valence electrons. The van der Waals surface area contributed by atoms with Crippen molar-refractivity contribution in [3.63, 3.8) is 0 Å². The quantitative estimate of drug-likeness (QED) is 0.417. The van der Waals surface area contributed by atoms with E-state index in [9.17, 15) is 9.59 Å². The minimum absolute atomic E-state index is 0.148. The van der Waals surface area contributed by atoms with E-state index in [0.717, 1.165) is 11.1 Å².